The van der Waals surface area contributed by atoms with Gasteiger partial charge in [-0.1, -0.05) is 39.8 Å². The Morgan fingerprint density at radius 2 is 1.42 bits per heavy atom. The van der Waals surface area contributed by atoms with Gasteiger partial charge in [-0.05, 0) is 38.3 Å². The fourth-order valence-corrected chi connectivity index (χ4v) is 2.47. The minimum Gasteiger partial charge on any atom is -0.491 e. The Morgan fingerprint density at radius 3 is 2.00 bits per heavy atom. The molecule has 5 nitrogen and oxygen atoms in total. The second kappa shape index (κ2) is 11.9. The van der Waals surface area contributed by atoms with E-state index in [9.17, 15) is 4.79 Å². The highest BCUT2D eigenvalue weighted by Gasteiger charge is 2.14. The molecule has 0 radical (unpaired) electrons. The van der Waals surface area contributed by atoms with E-state index in [0.29, 0.717) is 24.5 Å². The van der Waals surface area contributed by atoms with E-state index in [0.717, 1.165) is 39.3 Å². The van der Waals surface area contributed by atoms with Crippen LogP contribution in [0.2, 0.25) is 0 Å². The Hall–Kier alpha value is -1.59. The number of carbonyl (C=O) groups is 1. The Morgan fingerprint density at radius 1 is 0.875 bits per heavy atom. The maximum absolute atomic E-state index is 12.3. The Bertz CT molecular complexity index is 471. The highest BCUT2D eigenvalue weighted by atomic mass is 16.5. The zero-order chi connectivity index (χ0) is 17.8. The second-order valence-electron chi connectivity index (χ2n) is 5.53. The summed E-state index contributed by atoms with van der Waals surface area (Å²) < 4.78 is 11.2. The van der Waals surface area contributed by atoms with Gasteiger partial charge in [0.25, 0.3) is 0 Å². The van der Waals surface area contributed by atoms with Gasteiger partial charge in [0.1, 0.15) is 24.5 Å². The number of rotatable bonds is 12. The molecule has 0 saturated heterocycles. The van der Waals surface area contributed by atoms with Gasteiger partial charge in [0, 0.05) is 13.1 Å². The lowest BCUT2D eigenvalue weighted by molar-refractivity contribution is 0.0461. The number of para-hydroxylation sites is 1. The van der Waals surface area contributed by atoms with Crippen LogP contribution in [0.25, 0.3) is 0 Å². The third-order valence-electron chi connectivity index (χ3n) is 4.20. The van der Waals surface area contributed by atoms with E-state index in [4.69, 9.17) is 9.47 Å². The summed E-state index contributed by atoms with van der Waals surface area (Å²) in [6, 6.07) is 7.29. The summed E-state index contributed by atoms with van der Waals surface area (Å²) in [5, 5.41) is 0. The molecular weight excluding hydrogens is 304 g/mol. The smallest absolute Gasteiger partial charge is 0.341 e. The molecule has 0 aliphatic carbocycles. The average molecular weight is 336 g/mol. The molecule has 0 spiro atoms. The molecule has 0 atom stereocenters. The quantitative estimate of drug-likeness (QED) is 0.549. The van der Waals surface area contributed by atoms with Crippen LogP contribution in [0.1, 0.15) is 38.1 Å². The zero-order valence-corrected chi connectivity index (χ0v) is 15.6. The molecule has 0 amide bonds. The molecule has 0 aliphatic rings. The number of ether oxygens (including phenoxy) is 2. The van der Waals surface area contributed by atoms with Crippen LogP contribution in [0.4, 0.5) is 0 Å². The SMILES string of the molecule is CCN(CC)CCOC(=O)c1ccccc1OCCN(CC)CC. The number of esters is 1. The van der Waals surface area contributed by atoms with Crippen LogP contribution in [0.3, 0.4) is 0 Å². The van der Waals surface area contributed by atoms with Crippen LogP contribution in [0.15, 0.2) is 24.3 Å². The lowest BCUT2D eigenvalue weighted by Gasteiger charge is -2.19. The standard InChI is InChI=1S/C19H32N2O3/c1-5-20(6-2)13-15-23-18-12-10-9-11-17(18)19(22)24-16-14-21(7-3)8-4/h9-12H,5-8,13-16H2,1-4H3. The molecule has 0 unspecified atom stereocenters. The van der Waals surface area contributed by atoms with Gasteiger partial charge in [0.2, 0.25) is 0 Å². The number of hydrogen-bond donors (Lipinski definition) is 0. The first-order chi connectivity index (χ1) is 11.7. The zero-order valence-electron chi connectivity index (χ0n) is 15.6. The van der Waals surface area contributed by atoms with Crippen molar-refractivity contribution >= 4 is 5.97 Å². The summed E-state index contributed by atoms with van der Waals surface area (Å²) in [6.07, 6.45) is 0. The number of carbonyl (C=O) groups excluding carboxylic acids is 1. The number of benzene rings is 1. The molecule has 136 valence electrons. The van der Waals surface area contributed by atoms with Crippen molar-refractivity contribution in [1.82, 2.24) is 9.80 Å². The van der Waals surface area contributed by atoms with Crippen LogP contribution in [0.5, 0.6) is 5.75 Å². The van der Waals surface area contributed by atoms with Gasteiger partial charge in [-0.15, -0.1) is 0 Å². The highest BCUT2D eigenvalue weighted by Crippen LogP contribution is 2.19. The van der Waals surface area contributed by atoms with Crippen molar-refractivity contribution in [2.24, 2.45) is 0 Å². The molecule has 0 saturated carbocycles. The molecule has 1 aromatic carbocycles. The summed E-state index contributed by atoms with van der Waals surface area (Å²) in [5.74, 6) is 0.276. The Kier molecular flexibility index (Phi) is 10.1. The maximum Gasteiger partial charge on any atom is 0.341 e. The first-order valence-electron chi connectivity index (χ1n) is 8.99. The van der Waals surface area contributed by atoms with E-state index in [1.165, 1.54) is 0 Å². The molecule has 5 heteroatoms. The van der Waals surface area contributed by atoms with Gasteiger partial charge in [0.05, 0.1) is 0 Å². The van der Waals surface area contributed by atoms with Crippen LogP contribution >= 0.6 is 0 Å². The fourth-order valence-electron chi connectivity index (χ4n) is 2.47. The van der Waals surface area contributed by atoms with Crippen LogP contribution in [-0.2, 0) is 4.74 Å². The highest BCUT2D eigenvalue weighted by molar-refractivity contribution is 5.92. The van der Waals surface area contributed by atoms with Crippen LogP contribution < -0.4 is 4.74 Å². The molecule has 0 heterocycles. The van der Waals surface area contributed by atoms with Gasteiger partial charge in [-0.25, -0.2) is 4.79 Å². The van der Waals surface area contributed by atoms with E-state index in [1.54, 1.807) is 6.07 Å². The van der Waals surface area contributed by atoms with Gasteiger partial charge in [-0.3, -0.25) is 0 Å². The molecule has 0 N–H and O–H groups in total. The van der Waals surface area contributed by atoms with Gasteiger partial charge >= 0.3 is 5.97 Å². The van der Waals surface area contributed by atoms with Crippen LogP contribution in [0, 0.1) is 0 Å². The van der Waals surface area contributed by atoms with E-state index >= 15 is 0 Å². The van der Waals surface area contributed by atoms with Crippen molar-refractivity contribution in [2.75, 3.05) is 52.5 Å². The molecule has 0 aromatic heterocycles. The summed E-state index contributed by atoms with van der Waals surface area (Å²) in [4.78, 5) is 16.8. The molecule has 0 bridgehead atoms. The predicted molar refractivity (Wildman–Crippen MR) is 97.8 cm³/mol. The first kappa shape index (κ1) is 20.5. The monoisotopic (exact) mass is 336 g/mol. The lowest BCUT2D eigenvalue weighted by Crippen LogP contribution is -2.28. The largest absolute Gasteiger partial charge is 0.491 e. The van der Waals surface area contributed by atoms with E-state index < -0.39 is 0 Å². The normalized spacial score (nSPS) is 11.1. The van der Waals surface area contributed by atoms with Crippen molar-refractivity contribution < 1.29 is 14.3 Å². The van der Waals surface area contributed by atoms with Crippen molar-refractivity contribution in [3.63, 3.8) is 0 Å². The van der Waals surface area contributed by atoms with Crippen LogP contribution in [-0.4, -0.2) is 68.3 Å². The fraction of sp³-hybridized carbons (Fsp3) is 0.632. The first-order valence-corrected chi connectivity index (χ1v) is 8.99. The lowest BCUT2D eigenvalue weighted by atomic mass is 10.2. The predicted octanol–water partition coefficient (Wildman–Crippen LogP) is 2.91. The number of likely N-dealkylation sites (N-methyl/N-ethyl adjacent to an activating group) is 2. The van der Waals surface area contributed by atoms with Crippen molar-refractivity contribution in [3.8, 4) is 5.75 Å². The maximum atomic E-state index is 12.3. The third kappa shape index (κ3) is 6.89. The summed E-state index contributed by atoms with van der Waals surface area (Å²) >= 11 is 0. The van der Waals surface area contributed by atoms with E-state index in [1.807, 2.05) is 18.2 Å². The molecule has 1 aromatic rings. The van der Waals surface area contributed by atoms with E-state index in [2.05, 4.69) is 37.5 Å². The topological polar surface area (TPSA) is 42.0 Å². The molecule has 1 rings (SSSR count). The van der Waals surface area contributed by atoms with E-state index in [-0.39, 0.29) is 5.97 Å². The Labute approximate surface area is 146 Å². The molecule has 0 aliphatic heterocycles. The summed E-state index contributed by atoms with van der Waals surface area (Å²) in [5.41, 5.74) is 0.497. The van der Waals surface area contributed by atoms with Gasteiger partial charge < -0.3 is 19.3 Å². The Balaban J connectivity index is 2.53. The van der Waals surface area contributed by atoms with Gasteiger partial charge in [-0.2, -0.15) is 0 Å². The summed E-state index contributed by atoms with van der Waals surface area (Å²) in [7, 11) is 0. The summed E-state index contributed by atoms with van der Waals surface area (Å²) in [6.45, 7) is 14.9. The van der Waals surface area contributed by atoms with Crippen molar-refractivity contribution in [3.05, 3.63) is 29.8 Å². The molecule has 24 heavy (non-hydrogen) atoms. The van der Waals surface area contributed by atoms with Crippen molar-refractivity contribution in [2.45, 2.75) is 27.7 Å². The average Bonchev–Trinajstić information content (AvgIpc) is 2.62. The molecule has 0 fully saturated rings. The molecular formula is C19H32N2O3. The second-order valence-corrected chi connectivity index (χ2v) is 5.53. The van der Waals surface area contributed by atoms with Crippen molar-refractivity contribution in [1.29, 1.82) is 0 Å². The van der Waals surface area contributed by atoms with Gasteiger partial charge in [0.15, 0.2) is 0 Å². The minimum atomic E-state index is -0.319. The third-order valence-corrected chi connectivity index (χ3v) is 4.20. The minimum absolute atomic E-state index is 0.319. The number of nitrogens with zero attached hydrogens (tertiary/aromatic N) is 2. The number of hydrogen-bond acceptors (Lipinski definition) is 5.